The molecule has 4 heteroatoms. The molecule has 0 aromatic carbocycles. The van der Waals surface area contributed by atoms with Gasteiger partial charge in [0.25, 0.3) is 0 Å². The van der Waals surface area contributed by atoms with Gasteiger partial charge in [0, 0.05) is 6.54 Å². The third kappa shape index (κ3) is 2.49. The Labute approximate surface area is 66.1 Å². The van der Waals surface area contributed by atoms with E-state index in [1.165, 1.54) is 6.33 Å². The second-order valence-electron chi connectivity index (χ2n) is 2.28. The molecule has 1 rings (SSSR count). The zero-order valence-electron chi connectivity index (χ0n) is 6.83. The molecule has 0 aliphatic rings. The molecule has 1 N–H and O–H groups in total. The van der Waals surface area contributed by atoms with Gasteiger partial charge in [-0.1, -0.05) is 6.92 Å². The summed E-state index contributed by atoms with van der Waals surface area (Å²) in [5.74, 6) is 1.41. The number of nitrogens with zero attached hydrogens (tertiary/aromatic N) is 3. The van der Waals surface area contributed by atoms with Gasteiger partial charge >= 0.3 is 0 Å². The molecule has 0 amide bonds. The zero-order chi connectivity index (χ0) is 8.10. The molecule has 0 aliphatic carbocycles. The molecule has 0 saturated carbocycles. The summed E-state index contributed by atoms with van der Waals surface area (Å²) in [4.78, 5) is 11.9. The van der Waals surface area contributed by atoms with Crippen LogP contribution in [0.1, 0.15) is 19.2 Å². The van der Waals surface area contributed by atoms with Crippen molar-refractivity contribution >= 4 is 5.95 Å². The standard InChI is InChI=1S/C7H12N4/c1-3-4-8-7-10-5-9-6(2)11-7/h5H,3-4H2,1-2H3,(H,8,9,10,11). The van der Waals surface area contributed by atoms with Crippen LogP contribution in [0, 0.1) is 6.92 Å². The first kappa shape index (κ1) is 7.91. The smallest absolute Gasteiger partial charge is 0.225 e. The van der Waals surface area contributed by atoms with Crippen molar-refractivity contribution in [2.45, 2.75) is 20.3 Å². The van der Waals surface area contributed by atoms with Gasteiger partial charge in [-0.25, -0.2) is 9.97 Å². The predicted octanol–water partition coefficient (Wildman–Crippen LogP) is 1.00. The van der Waals surface area contributed by atoms with Crippen LogP contribution in [-0.2, 0) is 0 Å². The highest BCUT2D eigenvalue weighted by Gasteiger charge is 1.92. The topological polar surface area (TPSA) is 50.7 Å². The highest BCUT2D eigenvalue weighted by molar-refractivity contribution is 5.21. The Balaban J connectivity index is 2.56. The summed E-state index contributed by atoms with van der Waals surface area (Å²) < 4.78 is 0. The third-order valence-electron chi connectivity index (χ3n) is 1.23. The van der Waals surface area contributed by atoms with Crippen molar-refractivity contribution in [3.8, 4) is 0 Å². The fourth-order valence-corrected chi connectivity index (χ4v) is 0.700. The molecule has 4 nitrogen and oxygen atoms in total. The van der Waals surface area contributed by atoms with Crippen LogP contribution in [0.25, 0.3) is 0 Å². The molecule has 0 fully saturated rings. The van der Waals surface area contributed by atoms with Crippen LogP contribution in [0.3, 0.4) is 0 Å². The molecule has 1 heterocycles. The van der Waals surface area contributed by atoms with E-state index in [9.17, 15) is 0 Å². The van der Waals surface area contributed by atoms with Crippen LogP contribution in [0.4, 0.5) is 5.95 Å². The van der Waals surface area contributed by atoms with Crippen LogP contribution in [0.5, 0.6) is 0 Å². The zero-order valence-corrected chi connectivity index (χ0v) is 6.83. The fourth-order valence-electron chi connectivity index (χ4n) is 0.700. The molecular weight excluding hydrogens is 140 g/mol. The molecular formula is C7H12N4. The summed E-state index contributed by atoms with van der Waals surface area (Å²) in [5, 5.41) is 3.07. The molecule has 0 radical (unpaired) electrons. The Bertz CT molecular complexity index is 223. The normalized spacial score (nSPS) is 9.64. The van der Waals surface area contributed by atoms with Crippen LogP contribution >= 0.6 is 0 Å². The lowest BCUT2D eigenvalue weighted by atomic mass is 10.5. The van der Waals surface area contributed by atoms with Crippen LogP contribution in [-0.4, -0.2) is 21.5 Å². The van der Waals surface area contributed by atoms with Gasteiger partial charge < -0.3 is 5.32 Å². The average molecular weight is 152 g/mol. The van der Waals surface area contributed by atoms with E-state index >= 15 is 0 Å². The number of rotatable bonds is 3. The van der Waals surface area contributed by atoms with Crippen LogP contribution in [0.2, 0.25) is 0 Å². The molecule has 0 saturated heterocycles. The summed E-state index contributed by atoms with van der Waals surface area (Å²) in [6.07, 6.45) is 2.59. The Morgan fingerprint density at radius 1 is 1.45 bits per heavy atom. The van der Waals surface area contributed by atoms with Gasteiger partial charge in [-0.2, -0.15) is 4.98 Å². The minimum absolute atomic E-state index is 0.666. The van der Waals surface area contributed by atoms with E-state index in [1.807, 2.05) is 6.92 Å². The largest absolute Gasteiger partial charge is 0.354 e. The summed E-state index contributed by atoms with van der Waals surface area (Å²) in [7, 11) is 0. The van der Waals surface area contributed by atoms with E-state index in [0.717, 1.165) is 18.8 Å². The summed E-state index contributed by atoms with van der Waals surface area (Å²) >= 11 is 0. The Morgan fingerprint density at radius 3 is 2.91 bits per heavy atom. The van der Waals surface area contributed by atoms with E-state index in [4.69, 9.17) is 0 Å². The lowest BCUT2D eigenvalue weighted by Gasteiger charge is -2.00. The maximum Gasteiger partial charge on any atom is 0.225 e. The van der Waals surface area contributed by atoms with E-state index < -0.39 is 0 Å². The monoisotopic (exact) mass is 152 g/mol. The molecule has 0 spiro atoms. The van der Waals surface area contributed by atoms with E-state index in [0.29, 0.717) is 5.95 Å². The molecule has 1 aromatic rings. The van der Waals surface area contributed by atoms with E-state index in [1.54, 1.807) is 0 Å². The molecule has 0 unspecified atom stereocenters. The SMILES string of the molecule is CCCNc1ncnc(C)n1. The van der Waals surface area contributed by atoms with Gasteiger partial charge in [0.15, 0.2) is 0 Å². The quantitative estimate of drug-likeness (QED) is 0.702. The van der Waals surface area contributed by atoms with Crippen molar-refractivity contribution in [2.24, 2.45) is 0 Å². The first-order chi connectivity index (χ1) is 5.33. The minimum atomic E-state index is 0.666. The van der Waals surface area contributed by atoms with E-state index in [2.05, 4.69) is 27.2 Å². The molecule has 0 bridgehead atoms. The Hall–Kier alpha value is -1.19. The highest BCUT2D eigenvalue weighted by Crippen LogP contribution is 1.94. The van der Waals surface area contributed by atoms with Crippen molar-refractivity contribution in [3.63, 3.8) is 0 Å². The fraction of sp³-hybridized carbons (Fsp3) is 0.571. The lowest BCUT2D eigenvalue weighted by Crippen LogP contribution is -2.05. The van der Waals surface area contributed by atoms with Crippen molar-refractivity contribution in [3.05, 3.63) is 12.2 Å². The summed E-state index contributed by atoms with van der Waals surface area (Å²) in [6.45, 7) is 4.85. The summed E-state index contributed by atoms with van der Waals surface area (Å²) in [5.41, 5.74) is 0. The molecule has 1 aromatic heterocycles. The maximum absolute atomic E-state index is 4.08. The highest BCUT2D eigenvalue weighted by atomic mass is 15.1. The van der Waals surface area contributed by atoms with Gasteiger partial charge in [0.2, 0.25) is 5.95 Å². The second-order valence-corrected chi connectivity index (χ2v) is 2.28. The Morgan fingerprint density at radius 2 is 2.27 bits per heavy atom. The third-order valence-corrected chi connectivity index (χ3v) is 1.23. The molecule has 60 valence electrons. The average Bonchev–Trinajstić information content (AvgIpc) is 2.01. The first-order valence-electron chi connectivity index (χ1n) is 3.72. The second kappa shape index (κ2) is 3.85. The van der Waals surface area contributed by atoms with Crippen molar-refractivity contribution in [1.82, 2.24) is 15.0 Å². The maximum atomic E-state index is 4.08. The van der Waals surface area contributed by atoms with E-state index in [-0.39, 0.29) is 0 Å². The van der Waals surface area contributed by atoms with Crippen molar-refractivity contribution < 1.29 is 0 Å². The molecule has 0 atom stereocenters. The minimum Gasteiger partial charge on any atom is -0.354 e. The number of hydrogen-bond donors (Lipinski definition) is 1. The number of anilines is 1. The Kier molecular flexibility index (Phi) is 2.77. The number of nitrogens with one attached hydrogen (secondary N) is 1. The van der Waals surface area contributed by atoms with Crippen LogP contribution < -0.4 is 5.32 Å². The molecule has 0 aliphatic heterocycles. The predicted molar refractivity (Wildman–Crippen MR) is 43.3 cm³/mol. The van der Waals surface area contributed by atoms with Crippen molar-refractivity contribution in [2.75, 3.05) is 11.9 Å². The van der Waals surface area contributed by atoms with Gasteiger partial charge in [-0.05, 0) is 13.3 Å². The van der Waals surface area contributed by atoms with Crippen LogP contribution in [0.15, 0.2) is 6.33 Å². The van der Waals surface area contributed by atoms with Crippen molar-refractivity contribution in [1.29, 1.82) is 0 Å². The van der Waals surface area contributed by atoms with Gasteiger partial charge in [-0.3, -0.25) is 0 Å². The van der Waals surface area contributed by atoms with Gasteiger partial charge in [-0.15, -0.1) is 0 Å². The number of aromatic nitrogens is 3. The van der Waals surface area contributed by atoms with Gasteiger partial charge in [0.05, 0.1) is 0 Å². The van der Waals surface area contributed by atoms with Gasteiger partial charge in [0.1, 0.15) is 12.2 Å². The first-order valence-corrected chi connectivity index (χ1v) is 3.72. The lowest BCUT2D eigenvalue weighted by molar-refractivity contribution is 0.917. The number of hydrogen-bond acceptors (Lipinski definition) is 4. The molecule has 11 heavy (non-hydrogen) atoms. The number of aryl methyl sites for hydroxylation is 1. The summed E-state index contributed by atoms with van der Waals surface area (Å²) in [6, 6.07) is 0.